The van der Waals surface area contributed by atoms with Crippen molar-refractivity contribution >= 4 is 40.4 Å². The van der Waals surface area contributed by atoms with Crippen molar-refractivity contribution < 1.29 is 19.1 Å². The first-order valence-corrected chi connectivity index (χ1v) is 10.9. The van der Waals surface area contributed by atoms with E-state index in [0.717, 1.165) is 30.9 Å². The van der Waals surface area contributed by atoms with Gasteiger partial charge < -0.3 is 10.1 Å². The summed E-state index contributed by atoms with van der Waals surface area (Å²) in [5, 5.41) is 3.08. The lowest BCUT2D eigenvalue weighted by Crippen LogP contribution is -2.34. The molecule has 7 nitrogen and oxygen atoms in total. The third-order valence-electron chi connectivity index (χ3n) is 4.28. The molecular weight excluding hydrogens is 390 g/mol. The van der Waals surface area contributed by atoms with Crippen molar-refractivity contribution in [3.63, 3.8) is 0 Å². The molecule has 1 saturated heterocycles. The maximum atomic E-state index is 12.8. The number of amides is 2. The van der Waals surface area contributed by atoms with Crippen molar-refractivity contribution in [3.8, 4) is 5.75 Å². The van der Waals surface area contributed by atoms with Crippen molar-refractivity contribution in [2.45, 2.75) is 58.1 Å². The number of carbonyl (C=O) groups is 3. The minimum Gasteiger partial charge on any atom is -0.427 e. The average Bonchev–Trinajstić information content (AvgIpc) is 2.96. The number of hydrogen-bond acceptors (Lipinski definition) is 6. The number of benzene rings is 1. The predicted octanol–water partition coefficient (Wildman–Crippen LogP) is 3.84. The number of unbranched alkanes of at least 4 members (excludes halogenated alkanes) is 2. The van der Waals surface area contributed by atoms with E-state index < -0.39 is 11.2 Å². The predicted molar refractivity (Wildman–Crippen MR) is 116 cm³/mol. The summed E-state index contributed by atoms with van der Waals surface area (Å²) in [6.07, 6.45) is 4.02. The zero-order chi connectivity index (χ0) is 21.2. The number of nitrogens with zero attached hydrogens (tertiary/aromatic N) is 2. The molecule has 1 atom stereocenters. The molecule has 1 aliphatic heterocycles. The monoisotopic (exact) mass is 419 g/mol. The largest absolute Gasteiger partial charge is 0.427 e. The first kappa shape index (κ1) is 22.9. The normalized spacial score (nSPS) is 17.6. The quantitative estimate of drug-likeness (QED) is 0.354. The van der Waals surface area contributed by atoms with E-state index in [1.165, 1.54) is 18.7 Å². The molecule has 2 rings (SSSR count). The van der Waals surface area contributed by atoms with Gasteiger partial charge in [-0.3, -0.25) is 24.3 Å². The Balaban J connectivity index is 1.96. The Morgan fingerprint density at radius 3 is 2.48 bits per heavy atom. The van der Waals surface area contributed by atoms with Gasteiger partial charge in [-0.2, -0.15) is 0 Å². The van der Waals surface area contributed by atoms with Crippen LogP contribution in [0.25, 0.3) is 0 Å². The van der Waals surface area contributed by atoms with Crippen LogP contribution >= 0.6 is 11.8 Å². The Morgan fingerprint density at radius 1 is 1.17 bits per heavy atom. The van der Waals surface area contributed by atoms with Crippen molar-refractivity contribution in [2.24, 2.45) is 4.99 Å². The number of aliphatic imine (C=N–C) groups is 1. The third kappa shape index (κ3) is 7.20. The molecule has 29 heavy (non-hydrogen) atoms. The zero-order valence-corrected chi connectivity index (χ0v) is 18.1. The van der Waals surface area contributed by atoms with Crippen molar-refractivity contribution in [1.82, 2.24) is 4.90 Å². The zero-order valence-electron chi connectivity index (χ0n) is 17.3. The number of esters is 1. The van der Waals surface area contributed by atoms with Gasteiger partial charge in [-0.05, 0) is 37.1 Å². The molecule has 1 heterocycles. The van der Waals surface area contributed by atoms with E-state index in [1.54, 1.807) is 29.2 Å². The summed E-state index contributed by atoms with van der Waals surface area (Å²) < 4.78 is 4.97. The SMILES string of the molecule is CCCCN=C1SC(CC(=O)Nc2ccc(OC(C)=O)cc2)C(=O)N1CCCC. The molecule has 2 amide bonds. The van der Waals surface area contributed by atoms with Gasteiger partial charge in [0.05, 0.1) is 0 Å². The minimum atomic E-state index is -0.451. The van der Waals surface area contributed by atoms with Gasteiger partial charge in [-0.15, -0.1) is 0 Å². The summed E-state index contributed by atoms with van der Waals surface area (Å²) in [6.45, 7) is 6.86. The highest BCUT2D eigenvalue weighted by Crippen LogP contribution is 2.30. The summed E-state index contributed by atoms with van der Waals surface area (Å²) in [5.74, 6) is -0.264. The van der Waals surface area contributed by atoms with Gasteiger partial charge in [-0.1, -0.05) is 38.5 Å². The lowest BCUT2D eigenvalue weighted by Gasteiger charge is -2.15. The fraction of sp³-hybridized carbons (Fsp3) is 0.524. The van der Waals surface area contributed by atoms with E-state index in [9.17, 15) is 14.4 Å². The van der Waals surface area contributed by atoms with Crippen molar-refractivity contribution in [3.05, 3.63) is 24.3 Å². The molecule has 1 aliphatic rings. The summed E-state index contributed by atoms with van der Waals surface area (Å²) in [4.78, 5) is 42.5. The molecular formula is C21H29N3O4S. The molecule has 0 aliphatic carbocycles. The Kier molecular flexibility index (Phi) is 9.18. The summed E-state index contributed by atoms with van der Waals surface area (Å²) in [6, 6.07) is 6.53. The second-order valence-electron chi connectivity index (χ2n) is 6.84. The molecule has 0 bridgehead atoms. The highest BCUT2D eigenvalue weighted by Gasteiger charge is 2.38. The number of thioether (sulfide) groups is 1. The number of anilines is 1. The van der Waals surface area contributed by atoms with Gasteiger partial charge in [0.15, 0.2) is 5.17 Å². The molecule has 1 aromatic rings. The number of hydrogen-bond donors (Lipinski definition) is 1. The Labute approximate surface area is 176 Å². The van der Waals surface area contributed by atoms with Crippen LogP contribution in [0.2, 0.25) is 0 Å². The molecule has 0 spiro atoms. The lowest BCUT2D eigenvalue weighted by atomic mass is 10.2. The number of ether oxygens (including phenoxy) is 1. The molecule has 158 valence electrons. The molecule has 8 heteroatoms. The number of amidine groups is 1. The Bertz CT molecular complexity index is 749. The first-order chi connectivity index (χ1) is 13.9. The maximum absolute atomic E-state index is 12.8. The summed E-state index contributed by atoms with van der Waals surface area (Å²) in [7, 11) is 0. The maximum Gasteiger partial charge on any atom is 0.308 e. The van der Waals surface area contributed by atoms with Crippen LogP contribution < -0.4 is 10.1 Å². The van der Waals surface area contributed by atoms with Gasteiger partial charge in [0.1, 0.15) is 11.0 Å². The summed E-state index contributed by atoms with van der Waals surface area (Å²) in [5.41, 5.74) is 0.584. The topological polar surface area (TPSA) is 88.1 Å². The molecule has 1 N–H and O–H groups in total. The third-order valence-corrected chi connectivity index (χ3v) is 5.50. The van der Waals surface area contributed by atoms with E-state index in [2.05, 4.69) is 24.2 Å². The standard InChI is InChI=1S/C21H29N3O4S/c1-4-6-12-22-21-24(13-7-5-2)20(27)18(29-21)14-19(26)23-16-8-10-17(11-9-16)28-15(3)25/h8-11,18H,4-7,12-14H2,1-3H3,(H,23,26). The minimum absolute atomic E-state index is 0.0425. The van der Waals surface area contributed by atoms with Gasteiger partial charge in [0.25, 0.3) is 0 Å². The highest BCUT2D eigenvalue weighted by atomic mass is 32.2. The van der Waals surface area contributed by atoms with Crippen LogP contribution in [0.3, 0.4) is 0 Å². The molecule has 0 aromatic heterocycles. The van der Waals surface area contributed by atoms with E-state index in [1.807, 2.05) is 0 Å². The molecule has 1 unspecified atom stereocenters. The van der Waals surface area contributed by atoms with E-state index >= 15 is 0 Å². The van der Waals surface area contributed by atoms with E-state index in [4.69, 9.17) is 4.74 Å². The van der Waals surface area contributed by atoms with Crippen LogP contribution in [0.15, 0.2) is 29.3 Å². The van der Waals surface area contributed by atoms with E-state index in [0.29, 0.717) is 24.5 Å². The van der Waals surface area contributed by atoms with Gasteiger partial charge >= 0.3 is 5.97 Å². The van der Waals surface area contributed by atoms with Crippen LogP contribution in [0.1, 0.15) is 52.9 Å². The Hall–Kier alpha value is -2.35. The van der Waals surface area contributed by atoms with Crippen LogP contribution in [0, 0.1) is 0 Å². The fourth-order valence-electron chi connectivity index (χ4n) is 2.77. The summed E-state index contributed by atoms with van der Waals surface area (Å²) >= 11 is 1.38. The van der Waals surface area contributed by atoms with Gasteiger partial charge in [0.2, 0.25) is 11.8 Å². The van der Waals surface area contributed by atoms with Crippen LogP contribution in [0.4, 0.5) is 5.69 Å². The van der Waals surface area contributed by atoms with Gasteiger partial charge in [-0.25, -0.2) is 0 Å². The smallest absolute Gasteiger partial charge is 0.308 e. The first-order valence-electron chi connectivity index (χ1n) is 10.0. The average molecular weight is 420 g/mol. The van der Waals surface area contributed by atoms with Crippen molar-refractivity contribution in [1.29, 1.82) is 0 Å². The molecule has 1 fully saturated rings. The highest BCUT2D eigenvalue weighted by molar-refractivity contribution is 8.15. The molecule has 0 radical (unpaired) electrons. The van der Waals surface area contributed by atoms with Crippen LogP contribution in [-0.2, 0) is 14.4 Å². The molecule has 0 saturated carbocycles. The number of nitrogens with one attached hydrogen (secondary N) is 1. The van der Waals surface area contributed by atoms with Gasteiger partial charge in [0, 0.05) is 32.1 Å². The van der Waals surface area contributed by atoms with Crippen molar-refractivity contribution in [2.75, 3.05) is 18.4 Å². The number of rotatable bonds is 10. The van der Waals surface area contributed by atoms with Crippen LogP contribution in [-0.4, -0.2) is 46.2 Å². The number of carbonyl (C=O) groups excluding carboxylic acids is 3. The van der Waals surface area contributed by atoms with E-state index in [-0.39, 0.29) is 18.2 Å². The second kappa shape index (κ2) is 11.6. The molecule has 1 aromatic carbocycles. The Morgan fingerprint density at radius 2 is 1.86 bits per heavy atom. The lowest BCUT2D eigenvalue weighted by molar-refractivity contribution is -0.132. The fourth-order valence-corrected chi connectivity index (χ4v) is 3.96. The second-order valence-corrected chi connectivity index (χ2v) is 8.01. The van der Waals surface area contributed by atoms with Crippen LogP contribution in [0.5, 0.6) is 5.75 Å².